The summed E-state index contributed by atoms with van der Waals surface area (Å²) >= 11 is 0. The lowest BCUT2D eigenvalue weighted by Gasteiger charge is -2.31. The second-order valence-corrected chi connectivity index (χ2v) is 7.46. The van der Waals surface area contributed by atoms with Crippen molar-refractivity contribution in [2.75, 3.05) is 13.1 Å². The highest BCUT2D eigenvalue weighted by Crippen LogP contribution is 2.33. The minimum Gasteiger partial charge on any atom is -0.373 e. The highest BCUT2D eigenvalue weighted by atomic mass is 19.4. The number of aromatic nitrogens is 3. The summed E-state index contributed by atoms with van der Waals surface area (Å²) < 4.78 is 61.2. The maximum absolute atomic E-state index is 13.8. The van der Waals surface area contributed by atoms with Crippen molar-refractivity contribution in [3.05, 3.63) is 77.4 Å². The standard InChI is InChI=1S/C22H20F4N4O2/c23-16-7-4-8-17(13-16)30-20(22(24,25)26)19(27-28-30)21(31)29-11-9-18(10-12-29)32-14-15-5-2-1-3-6-15/h1-8,13,18H,9-12,14H2. The quantitative estimate of drug-likeness (QED) is 0.548. The summed E-state index contributed by atoms with van der Waals surface area (Å²) in [7, 11) is 0. The van der Waals surface area contributed by atoms with Gasteiger partial charge in [0, 0.05) is 13.1 Å². The number of benzene rings is 2. The first-order chi connectivity index (χ1) is 15.3. The summed E-state index contributed by atoms with van der Waals surface area (Å²) in [6.07, 6.45) is -4.00. The second-order valence-electron chi connectivity index (χ2n) is 7.46. The number of rotatable bonds is 5. The Bertz CT molecular complexity index is 1080. The fourth-order valence-corrected chi connectivity index (χ4v) is 3.63. The first-order valence-electron chi connectivity index (χ1n) is 10.1. The van der Waals surface area contributed by atoms with E-state index in [2.05, 4.69) is 10.3 Å². The van der Waals surface area contributed by atoms with Gasteiger partial charge in [0.05, 0.1) is 18.4 Å². The van der Waals surface area contributed by atoms with Gasteiger partial charge < -0.3 is 9.64 Å². The molecule has 6 nitrogen and oxygen atoms in total. The van der Waals surface area contributed by atoms with Crippen LogP contribution in [-0.2, 0) is 17.5 Å². The van der Waals surface area contributed by atoms with Gasteiger partial charge in [-0.1, -0.05) is 41.6 Å². The van der Waals surface area contributed by atoms with E-state index in [1.54, 1.807) is 0 Å². The number of piperidine rings is 1. The highest BCUT2D eigenvalue weighted by Gasteiger charge is 2.43. The van der Waals surface area contributed by atoms with E-state index in [-0.39, 0.29) is 24.9 Å². The maximum atomic E-state index is 13.8. The van der Waals surface area contributed by atoms with Crippen LogP contribution in [0.1, 0.15) is 34.6 Å². The van der Waals surface area contributed by atoms with Crippen molar-refractivity contribution >= 4 is 5.91 Å². The van der Waals surface area contributed by atoms with E-state index in [9.17, 15) is 22.4 Å². The Morgan fingerprint density at radius 3 is 2.44 bits per heavy atom. The van der Waals surface area contributed by atoms with Gasteiger partial charge in [0.2, 0.25) is 0 Å². The van der Waals surface area contributed by atoms with E-state index >= 15 is 0 Å². The fraction of sp³-hybridized carbons (Fsp3) is 0.318. The third-order valence-corrected chi connectivity index (χ3v) is 5.25. The van der Waals surface area contributed by atoms with Crippen LogP contribution in [-0.4, -0.2) is 45.0 Å². The average molecular weight is 448 g/mol. The van der Waals surface area contributed by atoms with Gasteiger partial charge in [-0.2, -0.15) is 13.2 Å². The predicted octanol–water partition coefficient (Wildman–Crippen LogP) is 4.25. The van der Waals surface area contributed by atoms with Crippen LogP contribution in [0.5, 0.6) is 0 Å². The lowest BCUT2D eigenvalue weighted by atomic mass is 10.1. The number of ether oxygens (including phenoxy) is 1. The summed E-state index contributed by atoms with van der Waals surface area (Å²) in [5.41, 5.74) is -1.27. The van der Waals surface area contributed by atoms with Crippen molar-refractivity contribution in [2.45, 2.75) is 31.7 Å². The molecule has 0 spiro atoms. The number of halogens is 4. The van der Waals surface area contributed by atoms with Crippen molar-refractivity contribution in [2.24, 2.45) is 0 Å². The molecule has 1 amide bonds. The van der Waals surface area contributed by atoms with Crippen LogP contribution in [0.4, 0.5) is 17.6 Å². The molecule has 10 heteroatoms. The molecule has 168 valence electrons. The van der Waals surface area contributed by atoms with Gasteiger partial charge >= 0.3 is 6.18 Å². The first-order valence-corrected chi connectivity index (χ1v) is 10.1. The number of hydrogen-bond donors (Lipinski definition) is 0. The summed E-state index contributed by atoms with van der Waals surface area (Å²) in [5, 5.41) is 7.00. The third-order valence-electron chi connectivity index (χ3n) is 5.25. The molecule has 0 bridgehead atoms. The molecule has 3 aromatic rings. The number of likely N-dealkylation sites (tertiary alicyclic amines) is 1. The lowest BCUT2D eigenvalue weighted by molar-refractivity contribution is -0.143. The smallest absolute Gasteiger partial charge is 0.373 e. The highest BCUT2D eigenvalue weighted by molar-refractivity contribution is 5.93. The molecule has 1 aliphatic rings. The van der Waals surface area contributed by atoms with Crippen LogP contribution >= 0.6 is 0 Å². The van der Waals surface area contributed by atoms with E-state index in [4.69, 9.17) is 4.74 Å². The normalized spacial score (nSPS) is 15.2. The van der Waals surface area contributed by atoms with Crippen molar-refractivity contribution in [1.82, 2.24) is 19.9 Å². The molecule has 1 aliphatic heterocycles. The summed E-state index contributed by atoms with van der Waals surface area (Å²) in [5.74, 6) is -1.59. The van der Waals surface area contributed by atoms with Crippen LogP contribution in [0.15, 0.2) is 54.6 Å². The zero-order valence-electron chi connectivity index (χ0n) is 16.9. The Morgan fingerprint density at radius 2 is 1.78 bits per heavy atom. The maximum Gasteiger partial charge on any atom is 0.435 e. The van der Waals surface area contributed by atoms with Crippen LogP contribution in [0, 0.1) is 5.82 Å². The summed E-state index contributed by atoms with van der Waals surface area (Å²) in [4.78, 5) is 14.2. The number of nitrogens with zero attached hydrogens (tertiary/aromatic N) is 4. The van der Waals surface area contributed by atoms with E-state index in [1.807, 2.05) is 30.3 Å². The molecule has 0 saturated carbocycles. The van der Waals surface area contributed by atoms with E-state index in [0.717, 1.165) is 17.7 Å². The van der Waals surface area contributed by atoms with Gasteiger partial charge in [-0.15, -0.1) is 5.10 Å². The van der Waals surface area contributed by atoms with Gasteiger partial charge in [-0.05, 0) is 36.6 Å². The minimum atomic E-state index is -4.90. The molecule has 2 heterocycles. The average Bonchev–Trinajstić information content (AvgIpc) is 3.24. The van der Waals surface area contributed by atoms with Crippen LogP contribution < -0.4 is 0 Å². The third kappa shape index (κ3) is 4.80. The molecule has 0 atom stereocenters. The zero-order chi connectivity index (χ0) is 22.7. The molecule has 1 saturated heterocycles. The molecule has 1 aromatic heterocycles. The molecule has 32 heavy (non-hydrogen) atoms. The monoisotopic (exact) mass is 448 g/mol. The Labute approximate surface area is 181 Å². The lowest BCUT2D eigenvalue weighted by Crippen LogP contribution is -2.41. The minimum absolute atomic E-state index is 0.0932. The number of carbonyl (C=O) groups is 1. The van der Waals surface area contributed by atoms with Gasteiger partial charge in [0.1, 0.15) is 5.82 Å². The molecule has 0 aliphatic carbocycles. The largest absolute Gasteiger partial charge is 0.435 e. The Hall–Kier alpha value is -3.27. The molecule has 0 unspecified atom stereocenters. The topological polar surface area (TPSA) is 60.2 Å². The molecule has 2 aromatic carbocycles. The van der Waals surface area contributed by atoms with Gasteiger partial charge in [0.25, 0.3) is 5.91 Å². The number of carbonyl (C=O) groups excluding carboxylic acids is 1. The van der Waals surface area contributed by atoms with Crippen molar-refractivity contribution in [1.29, 1.82) is 0 Å². The zero-order valence-corrected chi connectivity index (χ0v) is 16.9. The molecular weight excluding hydrogens is 428 g/mol. The summed E-state index contributed by atoms with van der Waals surface area (Å²) in [6, 6.07) is 14.1. The van der Waals surface area contributed by atoms with E-state index in [1.165, 1.54) is 17.0 Å². The van der Waals surface area contributed by atoms with Crippen LogP contribution in [0.2, 0.25) is 0 Å². The Balaban J connectivity index is 1.47. The summed E-state index contributed by atoms with van der Waals surface area (Å²) in [6.45, 7) is 0.907. The molecular formula is C22H20F4N4O2. The van der Waals surface area contributed by atoms with Crippen molar-refractivity contribution < 1.29 is 27.1 Å². The van der Waals surface area contributed by atoms with Crippen LogP contribution in [0.25, 0.3) is 5.69 Å². The Morgan fingerprint density at radius 1 is 1.06 bits per heavy atom. The number of hydrogen-bond acceptors (Lipinski definition) is 4. The number of amides is 1. The predicted molar refractivity (Wildman–Crippen MR) is 106 cm³/mol. The molecule has 0 N–H and O–H groups in total. The first kappa shape index (κ1) is 21.9. The van der Waals surface area contributed by atoms with Crippen molar-refractivity contribution in [3.8, 4) is 5.69 Å². The second kappa shape index (κ2) is 9.07. The fourth-order valence-electron chi connectivity index (χ4n) is 3.63. The number of alkyl halides is 3. The molecule has 0 radical (unpaired) electrons. The van der Waals surface area contributed by atoms with Gasteiger partial charge in [-0.25, -0.2) is 9.07 Å². The molecule has 4 rings (SSSR count). The molecule has 1 fully saturated rings. The Kier molecular flexibility index (Phi) is 6.22. The van der Waals surface area contributed by atoms with Crippen LogP contribution in [0.3, 0.4) is 0 Å². The van der Waals surface area contributed by atoms with E-state index in [0.29, 0.717) is 24.1 Å². The SMILES string of the molecule is O=C(c1nnn(-c2cccc(F)c2)c1C(F)(F)F)N1CCC(OCc2ccccc2)CC1. The van der Waals surface area contributed by atoms with Gasteiger partial charge in [0.15, 0.2) is 11.4 Å². The van der Waals surface area contributed by atoms with E-state index < -0.39 is 29.3 Å². The van der Waals surface area contributed by atoms with Crippen molar-refractivity contribution in [3.63, 3.8) is 0 Å². The van der Waals surface area contributed by atoms with Gasteiger partial charge in [-0.3, -0.25) is 4.79 Å².